The standard InChI is InChI=1S/C26H38N4O3/c1-19-15-21-17-22(25(31)28-24(21)16-20(19)2)18-30(10-6-9-29-11-13-33-14-12-29)26(32)27-23-7-4-3-5-8-23/h15-17,23H,3-14,18H2,1-2H3,(H,27,32)(H,28,31)/p+1. The third-order valence-corrected chi connectivity index (χ3v) is 7.27. The first kappa shape index (κ1) is 23.8. The molecule has 0 atom stereocenters. The molecule has 2 heterocycles. The molecule has 0 bridgehead atoms. The summed E-state index contributed by atoms with van der Waals surface area (Å²) < 4.78 is 5.46. The lowest BCUT2D eigenvalue weighted by atomic mass is 9.96. The first-order valence-electron chi connectivity index (χ1n) is 12.6. The highest BCUT2D eigenvalue weighted by molar-refractivity contribution is 5.81. The maximum Gasteiger partial charge on any atom is 0.317 e. The molecule has 0 radical (unpaired) electrons. The zero-order valence-electron chi connectivity index (χ0n) is 20.2. The van der Waals surface area contributed by atoms with Crippen molar-refractivity contribution in [3.05, 3.63) is 45.2 Å². The zero-order chi connectivity index (χ0) is 23.2. The fourth-order valence-electron chi connectivity index (χ4n) is 5.04. The van der Waals surface area contributed by atoms with Crippen LogP contribution in [0, 0.1) is 13.8 Å². The van der Waals surface area contributed by atoms with Gasteiger partial charge in [0.1, 0.15) is 13.1 Å². The number of hydrogen-bond donors (Lipinski definition) is 3. The molecule has 2 aromatic rings. The number of aromatic amines is 1. The lowest BCUT2D eigenvalue weighted by Gasteiger charge is -2.29. The number of aromatic nitrogens is 1. The molecule has 1 saturated heterocycles. The average Bonchev–Trinajstić information content (AvgIpc) is 2.81. The first-order chi connectivity index (χ1) is 16.0. The highest BCUT2D eigenvalue weighted by Gasteiger charge is 2.22. The number of fused-ring (bicyclic) bond motifs is 1. The maximum absolute atomic E-state index is 13.2. The van der Waals surface area contributed by atoms with Crippen molar-refractivity contribution in [3.8, 4) is 0 Å². The van der Waals surface area contributed by atoms with Crippen LogP contribution >= 0.6 is 0 Å². The van der Waals surface area contributed by atoms with E-state index in [9.17, 15) is 9.59 Å². The van der Waals surface area contributed by atoms with E-state index in [2.05, 4.69) is 30.2 Å². The molecule has 2 fully saturated rings. The van der Waals surface area contributed by atoms with Gasteiger partial charge in [0.05, 0.1) is 26.3 Å². The fraction of sp³-hybridized carbons (Fsp3) is 0.615. The molecule has 33 heavy (non-hydrogen) atoms. The van der Waals surface area contributed by atoms with Crippen molar-refractivity contribution in [2.75, 3.05) is 39.4 Å². The molecule has 2 amide bonds. The SMILES string of the molecule is Cc1cc2cc(CN(CCC[NH+]3CCOCC3)C(=O)NC3CCCCC3)c(=O)[nH]c2cc1C. The van der Waals surface area contributed by atoms with Gasteiger partial charge in [-0.15, -0.1) is 0 Å². The lowest BCUT2D eigenvalue weighted by molar-refractivity contribution is -0.908. The summed E-state index contributed by atoms with van der Waals surface area (Å²) in [6.07, 6.45) is 6.61. The smallest absolute Gasteiger partial charge is 0.317 e. The quantitative estimate of drug-likeness (QED) is 0.599. The number of morpholine rings is 1. The van der Waals surface area contributed by atoms with Crippen molar-refractivity contribution >= 4 is 16.9 Å². The van der Waals surface area contributed by atoms with Crippen LogP contribution in [0.1, 0.15) is 55.2 Å². The summed E-state index contributed by atoms with van der Waals surface area (Å²) in [6.45, 7) is 9.80. The number of carbonyl (C=O) groups excluding carboxylic acids is 1. The average molecular weight is 456 g/mol. The Bertz CT molecular complexity index is 1010. The van der Waals surface area contributed by atoms with Crippen molar-refractivity contribution in [2.45, 2.75) is 65.0 Å². The maximum atomic E-state index is 13.2. The number of nitrogens with zero attached hydrogens (tertiary/aromatic N) is 1. The largest absolute Gasteiger partial charge is 0.370 e. The van der Waals surface area contributed by atoms with Crippen molar-refractivity contribution in [3.63, 3.8) is 0 Å². The van der Waals surface area contributed by atoms with Crippen LogP contribution in [0.4, 0.5) is 4.79 Å². The number of hydrogen-bond acceptors (Lipinski definition) is 3. The Kier molecular flexibility index (Phi) is 8.04. The second kappa shape index (κ2) is 11.2. The van der Waals surface area contributed by atoms with E-state index in [1.54, 1.807) is 0 Å². The van der Waals surface area contributed by atoms with Gasteiger partial charge >= 0.3 is 6.03 Å². The summed E-state index contributed by atoms with van der Waals surface area (Å²) in [4.78, 5) is 32.5. The minimum absolute atomic E-state index is 0.0431. The van der Waals surface area contributed by atoms with Crippen molar-refractivity contribution in [1.29, 1.82) is 0 Å². The fourth-order valence-corrected chi connectivity index (χ4v) is 5.04. The van der Waals surface area contributed by atoms with Gasteiger partial charge in [0.25, 0.3) is 5.56 Å². The van der Waals surface area contributed by atoms with E-state index < -0.39 is 0 Å². The predicted octanol–water partition coefficient (Wildman–Crippen LogP) is 2.29. The monoisotopic (exact) mass is 455 g/mol. The third-order valence-electron chi connectivity index (χ3n) is 7.27. The number of ether oxygens (including phenoxy) is 1. The van der Waals surface area contributed by atoms with Crippen LogP contribution in [0.15, 0.2) is 23.0 Å². The molecular weight excluding hydrogens is 416 g/mol. The molecule has 1 aromatic heterocycles. The Morgan fingerprint density at radius 1 is 1.12 bits per heavy atom. The molecule has 3 N–H and O–H groups in total. The number of aryl methyl sites for hydroxylation is 2. The molecular formula is C26H39N4O3+. The van der Waals surface area contributed by atoms with Gasteiger partial charge in [-0.2, -0.15) is 0 Å². The number of amides is 2. The summed E-state index contributed by atoms with van der Waals surface area (Å²) in [5, 5.41) is 4.26. The summed E-state index contributed by atoms with van der Waals surface area (Å²) in [7, 11) is 0. The van der Waals surface area contributed by atoms with Crippen LogP contribution in [-0.2, 0) is 11.3 Å². The van der Waals surface area contributed by atoms with Gasteiger partial charge in [-0.25, -0.2) is 4.79 Å². The number of H-pyrrole nitrogens is 1. The molecule has 0 spiro atoms. The molecule has 180 valence electrons. The number of urea groups is 1. The van der Waals surface area contributed by atoms with E-state index >= 15 is 0 Å². The summed E-state index contributed by atoms with van der Waals surface area (Å²) in [5.41, 5.74) is 3.73. The Hall–Kier alpha value is -2.38. The number of benzene rings is 1. The summed E-state index contributed by atoms with van der Waals surface area (Å²) in [6, 6.07) is 6.29. The second-order valence-electron chi connectivity index (χ2n) is 9.82. The molecule has 1 aliphatic heterocycles. The van der Waals surface area contributed by atoms with Crippen molar-refractivity contribution in [1.82, 2.24) is 15.2 Å². The van der Waals surface area contributed by atoms with Gasteiger partial charge in [0.2, 0.25) is 0 Å². The Morgan fingerprint density at radius 3 is 2.61 bits per heavy atom. The highest BCUT2D eigenvalue weighted by atomic mass is 16.5. The van der Waals surface area contributed by atoms with E-state index in [4.69, 9.17) is 4.74 Å². The minimum Gasteiger partial charge on any atom is -0.370 e. The topological polar surface area (TPSA) is 78.9 Å². The first-order valence-corrected chi connectivity index (χ1v) is 12.6. The van der Waals surface area contributed by atoms with E-state index in [1.807, 2.05) is 17.0 Å². The highest BCUT2D eigenvalue weighted by Crippen LogP contribution is 2.19. The van der Waals surface area contributed by atoms with E-state index in [0.29, 0.717) is 18.7 Å². The summed E-state index contributed by atoms with van der Waals surface area (Å²) >= 11 is 0. The van der Waals surface area contributed by atoms with Gasteiger partial charge in [-0.1, -0.05) is 19.3 Å². The van der Waals surface area contributed by atoms with Gasteiger partial charge < -0.3 is 24.8 Å². The number of nitrogens with one attached hydrogen (secondary N) is 3. The van der Waals surface area contributed by atoms with Gasteiger partial charge in [0, 0.05) is 30.1 Å². The van der Waals surface area contributed by atoms with Gasteiger partial charge in [-0.3, -0.25) is 4.79 Å². The Balaban J connectivity index is 1.48. The Morgan fingerprint density at radius 2 is 1.85 bits per heavy atom. The Labute approximate surface area is 196 Å². The molecule has 7 nitrogen and oxygen atoms in total. The number of quaternary nitrogens is 1. The van der Waals surface area contributed by atoms with E-state index in [0.717, 1.165) is 68.6 Å². The van der Waals surface area contributed by atoms with Crippen molar-refractivity contribution in [2.24, 2.45) is 0 Å². The number of pyridine rings is 1. The normalized spacial score (nSPS) is 17.9. The van der Waals surface area contributed by atoms with Gasteiger partial charge in [-0.05, 0) is 61.4 Å². The van der Waals surface area contributed by atoms with Crippen molar-refractivity contribution < 1.29 is 14.4 Å². The van der Waals surface area contributed by atoms with Crippen LogP contribution < -0.4 is 15.8 Å². The van der Waals surface area contributed by atoms with E-state index in [1.165, 1.54) is 29.7 Å². The predicted molar refractivity (Wildman–Crippen MR) is 131 cm³/mol. The third kappa shape index (κ3) is 6.36. The zero-order valence-corrected chi connectivity index (χ0v) is 20.2. The molecule has 1 saturated carbocycles. The van der Waals surface area contributed by atoms with Crippen LogP contribution in [0.3, 0.4) is 0 Å². The van der Waals surface area contributed by atoms with Crippen LogP contribution in [0.25, 0.3) is 10.9 Å². The van der Waals surface area contributed by atoms with Gasteiger partial charge in [0.15, 0.2) is 0 Å². The lowest BCUT2D eigenvalue weighted by Crippen LogP contribution is -3.14. The molecule has 1 aliphatic carbocycles. The number of rotatable bonds is 7. The van der Waals surface area contributed by atoms with Crippen LogP contribution in [0.2, 0.25) is 0 Å². The molecule has 7 heteroatoms. The summed E-state index contributed by atoms with van der Waals surface area (Å²) in [5.74, 6) is 0. The second-order valence-corrected chi connectivity index (χ2v) is 9.82. The number of carbonyl (C=O) groups is 1. The molecule has 0 unspecified atom stereocenters. The van der Waals surface area contributed by atoms with Crippen LogP contribution in [-0.4, -0.2) is 61.3 Å². The van der Waals surface area contributed by atoms with Crippen LogP contribution in [0.5, 0.6) is 0 Å². The van der Waals surface area contributed by atoms with E-state index in [-0.39, 0.29) is 17.6 Å². The molecule has 4 rings (SSSR count). The minimum atomic E-state index is -0.111. The molecule has 2 aliphatic rings. The molecule has 1 aromatic carbocycles.